The predicted octanol–water partition coefficient (Wildman–Crippen LogP) is 4.09. The van der Waals surface area contributed by atoms with Crippen LogP contribution in [0.3, 0.4) is 0 Å². The number of amides is 1. The Morgan fingerprint density at radius 2 is 2.24 bits per heavy atom. The second-order valence-electron chi connectivity index (χ2n) is 4.67. The highest BCUT2D eigenvalue weighted by Crippen LogP contribution is 2.26. The number of hydrogen-bond donors (Lipinski definition) is 1. The van der Waals surface area contributed by atoms with Gasteiger partial charge >= 0.3 is 0 Å². The first-order valence-electron chi connectivity index (χ1n) is 6.74. The van der Waals surface area contributed by atoms with E-state index in [0.29, 0.717) is 18.1 Å². The van der Waals surface area contributed by atoms with Gasteiger partial charge in [-0.3, -0.25) is 9.69 Å². The zero-order valence-corrected chi connectivity index (χ0v) is 13.9. The number of rotatable bonds is 5. The van der Waals surface area contributed by atoms with Crippen LogP contribution in [0.25, 0.3) is 0 Å². The fourth-order valence-electron chi connectivity index (χ4n) is 2.03. The van der Waals surface area contributed by atoms with Gasteiger partial charge in [0.05, 0.1) is 22.9 Å². The molecule has 112 valence electrons. The highest BCUT2D eigenvalue weighted by Gasteiger charge is 2.13. The lowest BCUT2D eigenvalue weighted by Crippen LogP contribution is -2.27. The molecule has 0 unspecified atom stereocenters. The van der Waals surface area contributed by atoms with Gasteiger partial charge in [-0.05, 0) is 25.5 Å². The summed E-state index contributed by atoms with van der Waals surface area (Å²) in [6, 6.07) is 5.79. The molecule has 6 heteroatoms. The molecule has 0 spiro atoms. The molecule has 1 aromatic heterocycles. The fourth-order valence-corrected chi connectivity index (χ4v) is 3.25. The minimum absolute atomic E-state index is 0.00769. The van der Waals surface area contributed by atoms with Crippen LogP contribution >= 0.6 is 22.9 Å². The Morgan fingerprint density at radius 1 is 1.48 bits per heavy atom. The number of benzene rings is 1. The molecule has 0 aliphatic carbocycles. The van der Waals surface area contributed by atoms with Gasteiger partial charge < -0.3 is 5.32 Å². The first-order chi connectivity index (χ1) is 10.0. The first kappa shape index (κ1) is 15.8. The van der Waals surface area contributed by atoms with Crippen molar-refractivity contribution in [1.29, 1.82) is 0 Å². The molecule has 0 aliphatic rings. The molecule has 2 rings (SSSR count). The molecule has 4 nitrogen and oxygen atoms in total. The molecule has 1 aromatic carbocycles. The van der Waals surface area contributed by atoms with E-state index in [1.807, 2.05) is 37.4 Å². The number of para-hydroxylation sites is 1. The van der Waals surface area contributed by atoms with Crippen molar-refractivity contribution in [1.82, 2.24) is 4.98 Å². The third-order valence-electron chi connectivity index (χ3n) is 3.14. The molecular formula is C15H18ClN3OS. The van der Waals surface area contributed by atoms with Crippen LogP contribution in [0.4, 0.5) is 10.8 Å². The summed E-state index contributed by atoms with van der Waals surface area (Å²) in [6.45, 7) is 6.70. The van der Waals surface area contributed by atoms with E-state index in [4.69, 9.17) is 11.6 Å². The Kier molecular flexibility index (Phi) is 5.20. The van der Waals surface area contributed by atoms with Crippen LogP contribution in [0.2, 0.25) is 5.02 Å². The minimum Gasteiger partial charge on any atom is -0.378 e. The zero-order chi connectivity index (χ0) is 15.4. The molecule has 0 aliphatic heterocycles. The van der Waals surface area contributed by atoms with Gasteiger partial charge in [-0.15, -0.1) is 11.3 Å². The van der Waals surface area contributed by atoms with Crippen molar-refractivity contribution in [3.63, 3.8) is 0 Å². The second kappa shape index (κ2) is 6.91. The van der Waals surface area contributed by atoms with E-state index in [0.717, 1.165) is 22.1 Å². The Labute approximate surface area is 133 Å². The van der Waals surface area contributed by atoms with E-state index in [1.54, 1.807) is 11.8 Å². The van der Waals surface area contributed by atoms with Crippen LogP contribution in [0.15, 0.2) is 23.6 Å². The van der Waals surface area contributed by atoms with Crippen LogP contribution < -0.4 is 10.2 Å². The summed E-state index contributed by atoms with van der Waals surface area (Å²) < 4.78 is 0. The van der Waals surface area contributed by atoms with E-state index in [-0.39, 0.29) is 5.91 Å². The first-order valence-corrected chi connectivity index (χ1v) is 8.00. The topological polar surface area (TPSA) is 45.2 Å². The average molecular weight is 324 g/mol. The molecule has 1 amide bonds. The Bertz CT molecular complexity index is 621. The standard InChI is InChI=1S/C15H18ClN3OS/c1-4-19(11(3)20)15-18-12(9-21-15)8-17-14-10(2)6-5-7-13(14)16/h5-7,9,17H,4,8H2,1-3H3. The van der Waals surface area contributed by atoms with Crippen LogP contribution in [0.1, 0.15) is 25.1 Å². The number of thiazole rings is 1. The van der Waals surface area contributed by atoms with Gasteiger partial charge in [0.1, 0.15) is 0 Å². The highest BCUT2D eigenvalue weighted by molar-refractivity contribution is 7.14. The van der Waals surface area contributed by atoms with Crippen LogP contribution in [-0.4, -0.2) is 17.4 Å². The fraction of sp³-hybridized carbons (Fsp3) is 0.333. The number of hydrogen-bond acceptors (Lipinski definition) is 4. The summed E-state index contributed by atoms with van der Waals surface area (Å²) in [5, 5.41) is 6.70. The maximum atomic E-state index is 11.5. The Morgan fingerprint density at radius 3 is 2.86 bits per heavy atom. The van der Waals surface area contributed by atoms with Gasteiger partial charge in [0.25, 0.3) is 0 Å². The van der Waals surface area contributed by atoms with E-state index >= 15 is 0 Å². The normalized spacial score (nSPS) is 10.5. The van der Waals surface area contributed by atoms with E-state index in [9.17, 15) is 4.79 Å². The number of aryl methyl sites for hydroxylation is 1. The van der Waals surface area contributed by atoms with Gasteiger partial charge in [0, 0.05) is 18.8 Å². The Hall–Kier alpha value is -1.59. The molecule has 0 fully saturated rings. The van der Waals surface area contributed by atoms with Gasteiger partial charge in [0.15, 0.2) is 5.13 Å². The van der Waals surface area contributed by atoms with Crippen LogP contribution in [0.5, 0.6) is 0 Å². The molecule has 0 radical (unpaired) electrons. The number of carbonyl (C=O) groups is 1. The van der Waals surface area contributed by atoms with Crippen molar-refractivity contribution in [2.45, 2.75) is 27.3 Å². The van der Waals surface area contributed by atoms with Crippen molar-refractivity contribution in [3.8, 4) is 0 Å². The van der Waals surface area contributed by atoms with Gasteiger partial charge in [-0.2, -0.15) is 0 Å². The summed E-state index contributed by atoms with van der Waals surface area (Å²) in [5.74, 6) is 0.00769. The molecule has 21 heavy (non-hydrogen) atoms. The number of carbonyl (C=O) groups excluding carboxylic acids is 1. The lowest BCUT2D eigenvalue weighted by atomic mass is 10.2. The van der Waals surface area contributed by atoms with Crippen molar-refractivity contribution in [2.24, 2.45) is 0 Å². The zero-order valence-electron chi connectivity index (χ0n) is 12.3. The lowest BCUT2D eigenvalue weighted by molar-refractivity contribution is -0.116. The largest absolute Gasteiger partial charge is 0.378 e. The predicted molar refractivity (Wildman–Crippen MR) is 89.3 cm³/mol. The number of nitrogens with one attached hydrogen (secondary N) is 1. The smallest absolute Gasteiger partial charge is 0.225 e. The average Bonchev–Trinajstić information content (AvgIpc) is 2.87. The summed E-state index contributed by atoms with van der Waals surface area (Å²) in [5.41, 5.74) is 2.92. The maximum absolute atomic E-state index is 11.5. The summed E-state index contributed by atoms with van der Waals surface area (Å²) in [6.07, 6.45) is 0. The van der Waals surface area contributed by atoms with Crippen molar-refractivity contribution < 1.29 is 4.79 Å². The maximum Gasteiger partial charge on any atom is 0.225 e. The molecule has 0 atom stereocenters. The van der Waals surface area contributed by atoms with Gasteiger partial charge in [-0.1, -0.05) is 23.7 Å². The minimum atomic E-state index is 0.00769. The number of aromatic nitrogens is 1. The van der Waals surface area contributed by atoms with Crippen molar-refractivity contribution >= 4 is 39.7 Å². The summed E-state index contributed by atoms with van der Waals surface area (Å²) >= 11 is 7.66. The van der Waals surface area contributed by atoms with Gasteiger partial charge in [-0.25, -0.2) is 4.98 Å². The molecule has 0 saturated heterocycles. The molecule has 0 saturated carbocycles. The Balaban J connectivity index is 2.08. The highest BCUT2D eigenvalue weighted by atomic mass is 35.5. The van der Waals surface area contributed by atoms with Crippen LogP contribution in [-0.2, 0) is 11.3 Å². The molecule has 1 N–H and O–H groups in total. The number of nitrogens with zero attached hydrogens (tertiary/aromatic N) is 2. The summed E-state index contributed by atoms with van der Waals surface area (Å²) in [4.78, 5) is 17.7. The van der Waals surface area contributed by atoms with Crippen molar-refractivity contribution in [3.05, 3.63) is 39.9 Å². The van der Waals surface area contributed by atoms with E-state index in [2.05, 4.69) is 10.3 Å². The molecule has 2 aromatic rings. The molecular weight excluding hydrogens is 306 g/mol. The molecule has 1 heterocycles. The lowest BCUT2D eigenvalue weighted by Gasteiger charge is -2.14. The van der Waals surface area contributed by atoms with Gasteiger partial charge in [0.2, 0.25) is 5.91 Å². The van der Waals surface area contributed by atoms with Crippen molar-refractivity contribution in [2.75, 3.05) is 16.8 Å². The third-order valence-corrected chi connectivity index (χ3v) is 4.36. The second-order valence-corrected chi connectivity index (χ2v) is 5.91. The van der Waals surface area contributed by atoms with E-state index in [1.165, 1.54) is 11.3 Å². The third kappa shape index (κ3) is 3.74. The van der Waals surface area contributed by atoms with Crippen LogP contribution in [0, 0.1) is 6.92 Å². The molecule has 0 bridgehead atoms. The SMILES string of the molecule is CCN(C(C)=O)c1nc(CNc2c(C)cccc2Cl)cs1. The number of halogens is 1. The quantitative estimate of drug-likeness (QED) is 0.901. The number of anilines is 2. The monoisotopic (exact) mass is 323 g/mol. The summed E-state index contributed by atoms with van der Waals surface area (Å²) in [7, 11) is 0. The van der Waals surface area contributed by atoms with E-state index < -0.39 is 0 Å².